The van der Waals surface area contributed by atoms with Crippen LogP contribution in [0, 0.1) is 23.2 Å². The zero-order valence-corrected chi connectivity index (χ0v) is 22.1. The molecule has 0 saturated heterocycles. The zero-order chi connectivity index (χ0) is 25.9. The Morgan fingerprint density at radius 1 is 0.889 bits per heavy atom. The molecule has 0 aromatic heterocycles. The molecule has 4 aliphatic carbocycles. The van der Waals surface area contributed by atoms with E-state index in [9.17, 15) is 25.2 Å². The summed E-state index contributed by atoms with van der Waals surface area (Å²) in [5.74, 6) is 0.543. The summed E-state index contributed by atoms with van der Waals surface area (Å²) < 4.78 is 7.05. The number of ketones is 1. The number of benzene rings is 1. The maximum atomic E-state index is 14.5. The molecule has 1 aromatic carbocycles. The topological polar surface area (TPSA) is 107 Å². The summed E-state index contributed by atoms with van der Waals surface area (Å²) in [5.41, 5.74) is 3.60. The second kappa shape index (κ2) is 7.43. The number of carbonyl (C=O) groups excluding carboxylic acids is 1. The summed E-state index contributed by atoms with van der Waals surface area (Å²) >= 11 is 0. The van der Waals surface area contributed by atoms with E-state index in [-0.39, 0.29) is 37.4 Å². The third kappa shape index (κ3) is 2.85. The fourth-order valence-corrected chi connectivity index (χ4v) is 8.58. The molecule has 5 aliphatic rings. The third-order valence-corrected chi connectivity index (χ3v) is 10.7. The molecule has 1 aromatic rings. The molecule has 4 N–H and O–H groups in total. The maximum Gasteiger partial charge on any atom is 0.212 e. The van der Waals surface area contributed by atoms with Crippen LogP contribution in [0.25, 0.3) is 0 Å². The van der Waals surface area contributed by atoms with Gasteiger partial charge in [0.15, 0.2) is 5.60 Å². The highest BCUT2D eigenvalue weighted by atomic mass is 16.5. The standard InChI is InChI=1S/C30H40O6/c1-17-19(6-10-31)20-5-7-30(36-24(20)22-12-26(3,15-32)11-21(17)22)25(34)29(35)14-27(4,16-33)13-23(29)18(2)28(30)8-9-28/h31-33,35H,5-16H2,1-4H3. The molecule has 6 heteroatoms. The number of aliphatic hydroxyl groups is 4. The van der Waals surface area contributed by atoms with Crippen molar-refractivity contribution < 1.29 is 30.0 Å². The molecule has 0 bridgehead atoms. The fraction of sp³-hybridized carbons (Fsp3) is 0.700. The van der Waals surface area contributed by atoms with Crippen LogP contribution >= 0.6 is 0 Å². The number of rotatable bonds is 4. The van der Waals surface area contributed by atoms with Crippen LogP contribution in [0.5, 0.6) is 5.75 Å². The SMILES string of the molecule is CC1=C2CC(C)(CO)CC2(O)C(=O)C2(CCc3c(CCO)c(C)c4c(c3O2)CC(C)(CO)C4)C12CC2. The molecular weight excluding hydrogens is 456 g/mol. The highest BCUT2D eigenvalue weighted by molar-refractivity contribution is 6.02. The van der Waals surface area contributed by atoms with Gasteiger partial charge in [-0.05, 0) is 116 Å². The van der Waals surface area contributed by atoms with Gasteiger partial charge in [0.25, 0.3) is 0 Å². The second-order valence-corrected chi connectivity index (χ2v) is 13.3. The number of ether oxygens (including phenoxy) is 1. The number of Topliss-reactive ketones (excluding diaryl/α,β-unsaturated/α-hetero) is 1. The molecule has 1 heterocycles. The summed E-state index contributed by atoms with van der Waals surface area (Å²) in [6.07, 6.45) is 5.63. The number of aliphatic hydroxyl groups excluding tert-OH is 3. The van der Waals surface area contributed by atoms with Gasteiger partial charge in [0, 0.05) is 25.2 Å². The second-order valence-electron chi connectivity index (χ2n) is 13.3. The predicted octanol–water partition coefficient (Wildman–Crippen LogP) is 2.89. The minimum Gasteiger partial charge on any atom is -0.478 e. The van der Waals surface area contributed by atoms with Gasteiger partial charge in [-0.15, -0.1) is 0 Å². The average molecular weight is 497 g/mol. The van der Waals surface area contributed by atoms with Gasteiger partial charge in [-0.25, -0.2) is 0 Å². The molecule has 2 spiro atoms. The summed E-state index contributed by atoms with van der Waals surface area (Å²) in [4.78, 5) is 14.5. The van der Waals surface area contributed by atoms with E-state index in [4.69, 9.17) is 4.74 Å². The third-order valence-electron chi connectivity index (χ3n) is 10.7. The number of fused-ring (bicyclic) bond motifs is 5. The lowest BCUT2D eigenvalue weighted by molar-refractivity contribution is -0.162. The van der Waals surface area contributed by atoms with E-state index in [2.05, 4.69) is 20.8 Å². The van der Waals surface area contributed by atoms with Gasteiger partial charge in [-0.1, -0.05) is 19.4 Å². The van der Waals surface area contributed by atoms with Gasteiger partial charge in [0.2, 0.25) is 5.78 Å². The van der Waals surface area contributed by atoms with Gasteiger partial charge < -0.3 is 25.2 Å². The molecule has 0 radical (unpaired) electrons. The zero-order valence-electron chi connectivity index (χ0n) is 22.1. The Labute approximate surface area is 213 Å². The number of hydrogen-bond acceptors (Lipinski definition) is 6. The van der Waals surface area contributed by atoms with Crippen molar-refractivity contribution in [2.75, 3.05) is 19.8 Å². The normalized spacial score (nSPS) is 37.8. The average Bonchev–Trinajstić information content (AvgIpc) is 3.52. The fourth-order valence-electron chi connectivity index (χ4n) is 8.58. The smallest absolute Gasteiger partial charge is 0.212 e. The number of carbonyl (C=O) groups is 1. The van der Waals surface area contributed by atoms with E-state index >= 15 is 0 Å². The van der Waals surface area contributed by atoms with Gasteiger partial charge in [0.05, 0.1) is 0 Å². The molecule has 6 rings (SSSR count). The largest absolute Gasteiger partial charge is 0.478 e. The Morgan fingerprint density at radius 3 is 2.17 bits per heavy atom. The van der Waals surface area contributed by atoms with Crippen LogP contribution < -0.4 is 4.74 Å². The quantitative estimate of drug-likeness (QED) is 0.478. The first-order valence-electron chi connectivity index (χ1n) is 13.6. The maximum absolute atomic E-state index is 14.5. The van der Waals surface area contributed by atoms with Crippen molar-refractivity contribution in [1.29, 1.82) is 0 Å². The summed E-state index contributed by atoms with van der Waals surface area (Å²) in [5, 5.41) is 42.1. The predicted molar refractivity (Wildman–Crippen MR) is 135 cm³/mol. The summed E-state index contributed by atoms with van der Waals surface area (Å²) in [6.45, 7) is 8.27. The van der Waals surface area contributed by atoms with Crippen LogP contribution in [0.3, 0.4) is 0 Å². The monoisotopic (exact) mass is 496 g/mol. The first-order valence-corrected chi connectivity index (χ1v) is 13.6. The highest BCUT2D eigenvalue weighted by Gasteiger charge is 2.75. The van der Waals surface area contributed by atoms with Crippen molar-refractivity contribution in [3.8, 4) is 5.75 Å². The van der Waals surface area contributed by atoms with Crippen LogP contribution in [0.15, 0.2) is 11.1 Å². The Bertz CT molecular complexity index is 1210. The number of hydrogen-bond donors (Lipinski definition) is 4. The van der Waals surface area contributed by atoms with E-state index in [1.807, 2.05) is 6.92 Å². The molecule has 4 atom stereocenters. The van der Waals surface area contributed by atoms with E-state index in [1.54, 1.807) is 0 Å². The van der Waals surface area contributed by atoms with Crippen molar-refractivity contribution in [3.05, 3.63) is 39.0 Å². The van der Waals surface area contributed by atoms with Gasteiger partial charge in [-0.3, -0.25) is 4.79 Å². The van der Waals surface area contributed by atoms with E-state index in [1.165, 1.54) is 11.1 Å². The van der Waals surface area contributed by atoms with Crippen molar-refractivity contribution in [1.82, 2.24) is 0 Å². The first-order chi connectivity index (χ1) is 16.9. The Balaban J connectivity index is 1.53. The lowest BCUT2D eigenvalue weighted by Crippen LogP contribution is -2.65. The van der Waals surface area contributed by atoms with Crippen molar-refractivity contribution in [2.24, 2.45) is 16.2 Å². The molecule has 6 nitrogen and oxygen atoms in total. The van der Waals surface area contributed by atoms with Crippen molar-refractivity contribution in [2.45, 2.75) is 96.7 Å². The summed E-state index contributed by atoms with van der Waals surface area (Å²) in [6, 6.07) is 0. The first kappa shape index (κ1) is 24.6. The summed E-state index contributed by atoms with van der Waals surface area (Å²) in [7, 11) is 0. The van der Waals surface area contributed by atoms with Crippen LogP contribution in [0.4, 0.5) is 0 Å². The lowest BCUT2D eigenvalue weighted by Gasteiger charge is -2.51. The molecule has 196 valence electrons. The molecule has 0 amide bonds. The van der Waals surface area contributed by atoms with Crippen LogP contribution in [0.2, 0.25) is 0 Å². The van der Waals surface area contributed by atoms with Gasteiger partial charge in [0.1, 0.15) is 11.4 Å². The minimum absolute atomic E-state index is 0.0437. The molecule has 1 aliphatic heterocycles. The van der Waals surface area contributed by atoms with Gasteiger partial charge >= 0.3 is 0 Å². The Kier molecular flexibility index (Phi) is 5.08. The van der Waals surface area contributed by atoms with Crippen LogP contribution in [-0.2, 0) is 30.5 Å². The highest BCUT2D eigenvalue weighted by Crippen LogP contribution is 2.70. The molecule has 2 fully saturated rings. The Morgan fingerprint density at radius 2 is 1.56 bits per heavy atom. The molecular formula is C30H40O6. The molecule has 2 saturated carbocycles. The van der Waals surface area contributed by atoms with E-state index < -0.39 is 22.0 Å². The van der Waals surface area contributed by atoms with Crippen molar-refractivity contribution >= 4 is 5.78 Å². The van der Waals surface area contributed by atoms with Crippen LogP contribution in [-0.4, -0.2) is 57.2 Å². The van der Waals surface area contributed by atoms with Crippen LogP contribution in [0.1, 0.15) is 80.7 Å². The van der Waals surface area contributed by atoms with E-state index in [0.717, 1.165) is 52.8 Å². The Hall–Kier alpha value is -1.73. The lowest BCUT2D eigenvalue weighted by atomic mass is 9.60. The molecule has 36 heavy (non-hydrogen) atoms. The van der Waals surface area contributed by atoms with E-state index in [0.29, 0.717) is 32.1 Å². The minimum atomic E-state index is -1.60. The van der Waals surface area contributed by atoms with Gasteiger partial charge in [-0.2, -0.15) is 0 Å². The van der Waals surface area contributed by atoms with Crippen molar-refractivity contribution in [3.63, 3.8) is 0 Å². The molecule has 4 unspecified atom stereocenters.